The van der Waals surface area contributed by atoms with E-state index >= 15 is 0 Å². The fourth-order valence-electron chi connectivity index (χ4n) is 2.47. The van der Waals surface area contributed by atoms with Crippen LogP contribution in [-0.2, 0) is 4.79 Å². The number of amides is 2. The molecule has 0 radical (unpaired) electrons. The zero-order chi connectivity index (χ0) is 15.0. The van der Waals surface area contributed by atoms with Gasteiger partial charge >= 0.3 is 12.0 Å². The molecule has 20 heavy (non-hydrogen) atoms. The molecule has 0 aromatic rings. The summed E-state index contributed by atoms with van der Waals surface area (Å²) in [6.45, 7) is 0.946. The van der Waals surface area contributed by atoms with Gasteiger partial charge in [0.2, 0.25) is 0 Å². The molecule has 1 saturated carbocycles. The Morgan fingerprint density at radius 2 is 2.00 bits per heavy atom. The van der Waals surface area contributed by atoms with Crippen molar-refractivity contribution in [1.29, 1.82) is 0 Å². The van der Waals surface area contributed by atoms with Gasteiger partial charge in [0, 0.05) is 32.2 Å². The molecular formula is C13H25N3O4. The van der Waals surface area contributed by atoms with Crippen LogP contribution in [0.5, 0.6) is 0 Å². The standard InChI is InChI=1S/C13H25N3O4/c1-16(10-4-2-3-5-10)8-7-14-13(20)15-11(6-9-17)12(18)19/h10-11,17H,2-9H2,1H3,(H,18,19)(H2,14,15,20)/t11-/m0/s1. The van der Waals surface area contributed by atoms with E-state index in [9.17, 15) is 9.59 Å². The number of aliphatic carboxylic acids is 1. The van der Waals surface area contributed by atoms with E-state index in [0.29, 0.717) is 12.6 Å². The monoisotopic (exact) mass is 287 g/mol. The molecular weight excluding hydrogens is 262 g/mol. The molecule has 0 heterocycles. The van der Waals surface area contributed by atoms with Gasteiger partial charge in [-0.05, 0) is 19.9 Å². The molecule has 116 valence electrons. The van der Waals surface area contributed by atoms with Crippen molar-refractivity contribution >= 4 is 12.0 Å². The van der Waals surface area contributed by atoms with Crippen LogP contribution >= 0.6 is 0 Å². The van der Waals surface area contributed by atoms with Crippen molar-refractivity contribution < 1.29 is 19.8 Å². The second kappa shape index (κ2) is 8.76. The first-order valence-electron chi connectivity index (χ1n) is 7.13. The maximum atomic E-state index is 11.5. The van der Waals surface area contributed by atoms with Crippen molar-refractivity contribution in [2.75, 3.05) is 26.7 Å². The first-order valence-corrected chi connectivity index (χ1v) is 7.13. The third-order valence-corrected chi connectivity index (χ3v) is 3.72. The molecule has 1 atom stereocenters. The third-order valence-electron chi connectivity index (χ3n) is 3.72. The Bertz CT molecular complexity index is 319. The van der Waals surface area contributed by atoms with Crippen LogP contribution in [0.1, 0.15) is 32.1 Å². The average molecular weight is 287 g/mol. The Kier molecular flexibility index (Phi) is 7.32. The number of carboxylic acid groups (broad SMARTS) is 1. The molecule has 0 aromatic carbocycles. The Morgan fingerprint density at radius 3 is 2.55 bits per heavy atom. The lowest BCUT2D eigenvalue weighted by Gasteiger charge is -2.24. The zero-order valence-corrected chi connectivity index (χ0v) is 12.0. The molecule has 1 aliphatic rings. The number of hydrogen-bond acceptors (Lipinski definition) is 4. The number of likely N-dealkylation sites (N-methyl/N-ethyl adjacent to an activating group) is 1. The van der Waals surface area contributed by atoms with Crippen molar-refractivity contribution in [2.24, 2.45) is 0 Å². The maximum Gasteiger partial charge on any atom is 0.326 e. The highest BCUT2D eigenvalue weighted by molar-refractivity contribution is 5.82. The summed E-state index contributed by atoms with van der Waals surface area (Å²) < 4.78 is 0. The van der Waals surface area contributed by atoms with Crippen molar-refractivity contribution in [3.63, 3.8) is 0 Å². The van der Waals surface area contributed by atoms with E-state index < -0.39 is 18.0 Å². The van der Waals surface area contributed by atoms with Crippen LogP contribution in [0.2, 0.25) is 0 Å². The van der Waals surface area contributed by atoms with Crippen LogP contribution in [0.3, 0.4) is 0 Å². The molecule has 2 amide bonds. The maximum absolute atomic E-state index is 11.5. The molecule has 1 rings (SSSR count). The van der Waals surface area contributed by atoms with Gasteiger partial charge in [0.1, 0.15) is 6.04 Å². The van der Waals surface area contributed by atoms with E-state index in [2.05, 4.69) is 15.5 Å². The summed E-state index contributed by atoms with van der Waals surface area (Å²) in [5.41, 5.74) is 0. The largest absolute Gasteiger partial charge is 0.480 e. The number of carbonyl (C=O) groups is 2. The minimum atomic E-state index is -1.14. The van der Waals surface area contributed by atoms with Gasteiger partial charge in [-0.1, -0.05) is 12.8 Å². The lowest BCUT2D eigenvalue weighted by Crippen LogP contribution is -2.48. The van der Waals surface area contributed by atoms with Crippen LogP contribution in [0.4, 0.5) is 4.79 Å². The minimum absolute atomic E-state index is 0.00469. The van der Waals surface area contributed by atoms with Gasteiger partial charge in [-0.15, -0.1) is 0 Å². The predicted octanol–water partition coefficient (Wildman–Crippen LogP) is -0.00440. The van der Waals surface area contributed by atoms with Gasteiger partial charge in [-0.25, -0.2) is 9.59 Å². The number of nitrogens with one attached hydrogen (secondary N) is 2. The summed E-state index contributed by atoms with van der Waals surface area (Å²) in [6, 6.07) is -0.959. The summed E-state index contributed by atoms with van der Waals surface area (Å²) in [4.78, 5) is 24.6. The Labute approximate surface area is 119 Å². The van der Waals surface area contributed by atoms with Gasteiger partial charge in [0.05, 0.1) is 0 Å². The SMILES string of the molecule is CN(CCNC(=O)N[C@@H](CCO)C(=O)O)C1CCCC1. The molecule has 0 spiro atoms. The van der Waals surface area contributed by atoms with Crippen LogP contribution < -0.4 is 10.6 Å². The van der Waals surface area contributed by atoms with Gasteiger partial charge < -0.3 is 25.7 Å². The Balaban J connectivity index is 2.19. The normalized spacial score (nSPS) is 17.1. The van der Waals surface area contributed by atoms with E-state index in [1.807, 2.05) is 7.05 Å². The first kappa shape index (κ1) is 16.7. The van der Waals surface area contributed by atoms with Crippen LogP contribution in [0.25, 0.3) is 0 Å². The molecule has 0 saturated heterocycles. The second-order valence-corrected chi connectivity index (χ2v) is 5.22. The van der Waals surface area contributed by atoms with Crippen molar-refractivity contribution in [1.82, 2.24) is 15.5 Å². The smallest absolute Gasteiger partial charge is 0.326 e. The summed E-state index contributed by atoms with van der Waals surface area (Å²) in [7, 11) is 2.04. The zero-order valence-electron chi connectivity index (χ0n) is 12.0. The highest BCUT2D eigenvalue weighted by Gasteiger charge is 2.20. The molecule has 4 N–H and O–H groups in total. The lowest BCUT2D eigenvalue weighted by atomic mass is 10.2. The molecule has 1 aliphatic carbocycles. The fourth-order valence-corrected chi connectivity index (χ4v) is 2.47. The number of urea groups is 1. The molecule has 0 aromatic heterocycles. The van der Waals surface area contributed by atoms with E-state index in [4.69, 9.17) is 10.2 Å². The number of nitrogens with zero attached hydrogens (tertiary/aromatic N) is 1. The van der Waals surface area contributed by atoms with E-state index in [-0.39, 0.29) is 13.0 Å². The van der Waals surface area contributed by atoms with E-state index in [1.165, 1.54) is 25.7 Å². The van der Waals surface area contributed by atoms with E-state index in [1.54, 1.807) is 0 Å². The van der Waals surface area contributed by atoms with Crippen molar-refractivity contribution in [2.45, 2.75) is 44.2 Å². The second-order valence-electron chi connectivity index (χ2n) is 5.22. The molecule has 7 heteroatoms. The Hall–Kier alpha value is -1.34. The number of aliphatic hydroxyl groups excluding tert-OH is 1. The van der Waals surface area contributed by atoms with Crippen molar-refractivity contribution in [3.05, 3.63) is 0 Å². The summed E-state index contributed by atoms with van der Waals surface area (Å²) in [6.07, 6.45) is 4.96. The number of rotatable bonds is 8. The molecule has 1 fully saturated rings. The number of aliphatic hydroxyl groups is 1. The molecule has 0 aliphatic heterocycles. The first-order chi connectivity index (χ1) is 9.54. The quantitative estimate of drug-likeness (QED) is 0.503. The topological polar surface area (TPSA) is 102 Å². The fraction of sp³-hybridized carbons (Fsp3) is 0.846. The van der Waals surface area contributed by atoms with Gasteiger partial charge in [-0.3, -0.25) is 0 Å². The molecule has 7 nitrogen and oxygen atoms in total. The number of carboxylic acids is 1. The predicted molar refractivity (Wildman–Crippen MR) is 74.5 cm³/mol. The van der Waals surface area contributed by atoms with Crippen LogP contribution in [0.15, 0.2) is 0 Å². The van der Waals surface area contributed by atoms with Crippen LogP contribution in [-0.4, -0.2) is 65.9 Å². The van der Waals surface area contributed by atoms with Gasteiger partial charge in [-0.2, -0.15) is 0 Å². The average Bonchev–Trinajstić information content (AvgIpc) is 2.91. The lowest BCUT2D eigenvalue weighted by molar-refractivity contribution is -0.139. The summed E-state index contributed by atoms with van der Waals surface area (Å²) in [5.74, 6) is -1.14. The molecule has 0 bridgehead atoms. The highest BCUT2D eigenvalue weighted by Crippen LogP contribution is 2.21. The molecule has 0 unspecified atom stereocenters. The number of hydrogen-bond donors (Lipinski definition) is 4. The summed E-state index contributed by atoms with van der Waals surface area (Å²) in [5, 5.41) is 22.6. The Morgan fingerprint density at radius 1 is 1.35 bits per heavy atom. The van der Waals surface area contributed by atoms with Gasteiger partial charge in [0.25, 0.3) is 0 Å². The van der Waals surface area contributed by atoms with Gasteiger partial charge in [0.15, 0.2) is 0 Å². The highest BCUT2D eigenvalue weighted by atomic mass is 16.4. The minimum Gasteiger partial charge on any atom is -0.480 e. The van der Waals surface area contributed by atoms with Crippen molar-refractivity contribution in [3.8, 4) is 0 Å². The summed E-state index contributed by atoms with van der Waals surface area (Å²) >= 11 is 0. The number of carbonyl (C=O) groups excluding carboxylic acids is 1. The van der Waals surface area contributed by atoms with Crippen LogP contribution in [0, 0.1) is 0 Å². The third kappa shape index (κ3) is 5.75. The van der Waals surface area contributed by atoms with E-state index in [0.717, 1.165) is 6.54 Å².